The maximum atomic E-state index is 5.38. The minimum absolute atomic E-state index is 0. The molecule has 0 atom stereocenters. The van der Waals surface area contributed by atoms with Gasteiger partial charge < -0.3 is 15.1 Å². The van der Waals surface area contributed by atoms with Gasteiger partial charge in [-0.15, -0.1) is 46.7 Å². The highest BCUT2D eigenvalue weighted by Crippen LogP contribution is 2.09. The number of rotatable bonds is 9. The van der Waals surface area contributed by atoms with Gasteiger partial charge in [0.05, 0.1) is 6.26 Å². The van der Waals surface area contributed by atoms with Crippen molar-refractivity contribution in [1.29, 1.82) is 0 Å². The lowest BCUT2D eigenvalue weighted by molar-refractivity contribution is 0.506. The van der Waals surface area contributed by atoms with Crippen LogP contribution in [-0.4, -0.2) is 25.6 Å². The Balaban J connectivity index is 0.00000243. The molecule has 0 aromatic carbocycles. The van der Waals surface area contributed by atoms with Gasteiger partial charge in [0.25, 0.3) is 0 Å². The van der Waals surface area contributed by atoms with E-state index in [2.05, 4.69) is 45.7 Å². The first kappa shape index (κ1) is 21.0. The van der Waals surface area contributed by atoms with Crippen molar-refractivity contribution in [3.63, 3.8) is 0 Å². The van der Waals surface area contributed by atoms with Crippen LogP contribution in [0.1, 0.15) is 15.5 Å². The summed E-state index contributed by atoms with van der Waals surface area (Å²) >= 11 is 3.58. The van der Waals surface area contributed by atoms with E-state index in [-0.39, 0.29) is 24.0 Å². The lowest BCUT2D eigenvalue weighted by Gasteiger charge is -2.12. The monoisotopic (exact) mass is 501 g/mol. The minimum atomic E-state index is 0. The fraction of sp³-hybridized carbons (Fsp3) is 0.316. The molecule has 2 N–H and O–H groups in total. The van der Waals surface area contributed by atoms with Crippen LogP contribution >= 0.6 is 46.7 Å². The van der Waals surface area contributed by atoms with Crippen LogP contribution in [0.25, 0.3) is 0 Å². The standard InChI is InChI=1S/C19H23N3OS2.HI/c1-4-16(23-13-1)7-10-20-19(21-11-8-17-5-2-14-24-17)22-12-9-18-6-3-15-25-18;/h1-6,13-15H,7-12H2,(H2,20,21,22);1H. The number of thiophene rings is 2. The predicted octanol–water partition coefficient (Wildman–Crippen LogP) is 4.58. The number of furan rings is 1. The van der Waals surface area contributed by atoms with Crippen molar-refractivity contribution in [2.75, 3.05) is 19.6 Å². The first-order valence-electron chi connectivity index (χ1n) is 8.49. The topological polar surface area (TPSA) is 49.6 Å². The molecule has 4 nitrogen and oxygen atoms in total. The van der Waals surface area contributed by atoms with E-state index in [0.29, 0.717) is 0 Å². The summed E-state index contributed by atoms with van der Waals surface area (Å²) in [5, 5.41) is 11.1. The summed E-state index contributed by atoms with van der Waals surface area (Å²) in [4.78, 5) is 7.47. The molecule has 0 unspecified atom stereocenters. The molecule has 0 fully saturated rings. The fourth-order valence-corrected chi connectivity index (χ4v) is 3.83. The quantitative estimate of drug-likeness (QED) is 0.256. The molecule has 0 radical (unpaired) electrons. The van der Waals surface area contributed by atoms with Crippen LogP contribution in [0.3, 0.4) is 0 Å². The number of nitrogens with one attached hydrogen (secondary N) is 2. The second kappa shape index (κ2) is 12.1. The van der Waals surface area contributed by atoms with Gasteiger partial charge in [0.1, 0.15) is 5.76 Å². The Morgan fingerprint density at radius 1 is 0.885 bits per heavy atom. The van der Waals surface area contributed by atoms with E-state index in [1.165, 1.54) is 9.75 Å². The van der Waals surface area contributed by atoms with Gasteiger partial charge in [0.2, 0.25) is 0 Å². The molecule has 0 amide bonds. The molecule has 0 aliphatic rings. The Hall–Kier alpha value is -1.32. The number of nitrogens with zero attached hydrogens (tertiary/aromatic N) is 1. The van der Waals surface area contributed by atoms with E-state index in [0.717, 1.165) is 50.6 Å². The largest absolute Gasteiger partial charge is 0.469 e. The Morgan fingerprint density at radius 2 is 1.58 bits per heavy atom. The SMILES string of the molecule is I.c1coc(CCNC(=NCCc2cccs2)NCCc2cccs2)c1. The van der Waals surface area contributed by atoms with E-state index in [1.54, 1.807) is 28.9 Å². The zero-order valence-electron chi connectivity index (χ0n) is 14.5. The predicted molar refractivity (Wildman–Crippen MR) is 122 cm³/mol. The highest BCUT2D eigenvalue weighted by Gasteiger charge is 2.02. The second-order valence-corrected chi connectivity index (χ2v) is 7.64. The Morgan fingerprint density at radius 3 is 2.19 bits per heavy atom. The van der Waals surface area contributed by atoms with Crippen LogP contribution in [0.2, 0.25) is 0 Å². The third-order valence-electron chi connectivity index (χ3n) is 3.70. The van der Waals surface area contributed by atoms with Crippen molar-refractivity contribution < 1.29 is 4.42 Å². The fourth-order valence-electron chi connectivity index (χ4n) is 2.42. The van der Waals surface area contributed by atoms with Crippen LogP contribution in [0.5, 0.6) is 0 Å². The Bertz CT molecular complexity index is 683. The van der Waals surface area contributed by atoms with Gasteiger partial charge in [-0.1, -0.05) is 12.1 Å². The number of halogens is 1. The van der Waals surface area contributed by atoms with Crippen molar-refractivity contribution in [2.45, 2.75) is 19.3 Å². The second-order valence-electron chi connectivity index (χ2n) is 5.57. The first-order chi connectivity index (χ1) is 12.4. The van der Waals surface area contributed by atoms with Gasteiger partial charge in [-0.25, -0.2) is 0 Å². The summed E-state index contributed by atoms with van der Waals surface area (Å²) in [6.45, 7) is 2.47. The molecule has 0 saturated heterocycles. The summed E-state index contributed by atoms with van der Waals surface area (Å²) in [6.07, 6.45) is 4.56. The molecular weight excluding hydrogens is 477 g/mol. The smallest absolute Gasteiger partial charge is 0.191 e. The maximum Gasteiger partial charge on any atom is 0.191 e. The van der Waals surface area contributed by atoms with Gasteiger partial charge in [-0.2, -0.15) is 0 Å². The van der Waals surface area contributed by atoms with Gasteiger partial charge in [0, 0.05) is 42.2 Å². The molecule has 3 rings (SSSR count). The van der Waals surface area contributed by atoms with Crippen LogP contribution in [0, 0.1) is 0 Å². The van der Waals surface area contributed by atoms with Gasteiger partial charge in [-0.05, 0) is 41.4 Å². The average Bonchev–Trinajstić information content (AvgIpc) is 3.38. The number of aliphatic imine (C=N–C) groups is 1. The van der Waals surface area contributed by atoms with Crippen molar-refractivity contribution in [3.8, 4) is 0 Å². The highest BCUT2D eigenvalue weighted by atomic mass is 127. The summed E-state index contributed by atoms with van der Waals surface area (Å²) in [7, 11) is 0. The summed E-state index contributed by atoms with van der Waals surface area (Å²) in [5.41, 5.74) is 0. The summed E-state index contributed by atoms with van der Waals surface area (Å²) < 4.78 is 5.38. The number of guanidine groups is 1. The van der Waals surface area contributed by atoms with Crippen molar-refractivity contribution in [2.24, 2.45) is 4.99 Å². The molecule has 26 heavy (non-hydrogen) atoms. The number of hydrogen-bond acceptors (Lipinski definition) is 4. The van der Waals surface area contributed by atoms with Crippen LogP contribution in [0.15, 0.2) is 62.8 Å². The molecule has 7 heteroatoms. The molecule has 3 aromatic rings. The van der Waals surface area contributed by atoms with E-state index >= 15 is 0 Å². The van der Waals surface area contributed by atoms with Crippen LogP contribution in [-0.2, 0) is 19.3 Å². The molecule has 0 bridgehead atoms. The molecular formula is C19H24IN3OS2. The van der Waals surface area contributed by atoms with Crippen molar-refractivity contribution >= 4 is 52.6 Å². The van der Waals surface area contributed by atoms with E-state index in [9.17, 15) is 0 Å². The van der Waals surface area contributed by atoms with E-state index in [1.807, 2.05) is 12.1 Å². The molecule has 0 saturated carbocycles. The molecule has 140 valence electrons. The minimum Gasteiger partial charge on any atom is -0.469 e. The first-order valence-corrected chi connectivity index (χ1v) is 10.3. The van der Waals surface area contributed by atoms with Gasteiger partial charge in [0.15, 0.2) is 5.96 Å². The Kier molecular flexibility index (Phi) is 9.80. The maximum absolute atomic E-state index is 5.38. The normalized spacial score (nSPS) is 11.2. The third kappa shape index (κ3) is 7.51. The molecule has 3 heterocycles. The van der Waals surface area contributed by atoms with Gasteiger partial charge in [-0.3, -0.25) is 4.99 Å². The highest BCUT2D eigenvalue weighted by molar-refractivity contribution is 14.0. The molecule has 0 aliphatic heterocycles. The van der Waals surface area contributed by atoms with E-state index < -0.39 is 0 Å². The van der Waals surface area contributed by atoms with Gasteiger partial charge >= 0.3 is 0 Å². The van der Waals surface area contributed by atoms with Crippen LogP contribution < -0.4 is 10.6 Å². The summed E-state index contributed by atoms with van der Waals surface area (Å²) in [6, 6.07) is 12.4. The average molecular weight is 501 g/mol. The lowest BCUT2D eigenvalue weighted by atomic mass is 10.3. The lowest BCUT2D eigenvalue weighted by Crippen LogP contribution is -2.39. The summed E-state index contributed by atoms with van der Waals surface area (Å²) in [5.74, 6) is 1.86. The van der Waals surface area contributed by atoms with Crippen molar-refractivity contribution in [3.05, 3.63) is 68.9 Å². The molecule has 0 spiro atoms. The zero-order valence-corrected chi connectivity index (χ0v) is 18.5. The zero-order chi connectivity index (χ0) is 17.2. The molecule has 0 aliphatic carbocycles. The van der Waals surface area contributed by atoms with Crippen LogP contribution in [0.4, 0.5) is 0 Å². The van der Waals surface area contributed by atoms with E-state index in [4.69, 9.17) is 9.41 Å². The third-order valence-corrected chi connectivity index (χ3v) is 5.57. The van der Waals surface area contributed by atoms with Crippen molar-refractivity contribution in [1.82, 2.24) is 10.6 Å². The number of hydrogen-bond donors (Lipinski definition) is 2. The molecule has 3 aromatic heterocycles. The Labute approximate surface area is 179 Å².